The second-order valence-corrected chi connectivity index (χ2v) is 7.53. The van der Waals surface area contributed by atoms with Gasteiger partial charge in [0.05, 0.1) is 0 Å². The van der Waals surface area contributed by atoms with Gasteiger partial charge in [-0.25, -0.2) is 0 Å². The molecule has 0 saturated carbocycles. The average molecular weight is 371 g/mol. The van der Waals surface area contributed by atoms with Gasteiger partial charge in [0.2, 0.25) is 5.91 Å². The van der Waals surface area contributed by atoms with E-state index in [1.54, 1.807) is 0 Å². The third-order valence-corrected chi connectivity index (χ3v) is 5.30. The number of halogens is 1. The minimum atomic E-state index is 0.0967. The van der Waals surface area contributed by atoms with Crippen molar-refractivity contribution in [1.82, 2.24) is 4.90 Å². The maximum Gasteiger partial charge on any atom is 0.224 e. The van der Waals surface area contributed by atoms with Gasteiger partial charge in [-0.05, 0) is 67.3 Å². The fourth-order valence-corrected chi connectivity index (χ4v) is 3.69. The zero-order valence-electron chi connectivity index (χ0n) is 14.7. The molecule has 5 heteroatoms. The number of likely N-dealkylation sites (tertiary alicyclic amines) is 1. The van der Waals surface area contributed by atoms with E-state index in [0.29, 0.717) is 6.42 Å². The van der Waals surface area contributed by atoms with Crippen molar-refractivity contribution in [2.24, 2.45) is 0 Å². The Morgan fingerprint density at radius 3 is 2.73 bits per heavy atom. The zero-order chi connectivity index (χ0) is 17.9. The van der Waals surface area contributed by atoms with E-state index in [1.165, 1.54) is 11.1 Å². The molecule has 0 bridgehead atoms. The van der Waals surface area contributed by atoms with Crippen LogP contribution in [0.1, 0.15) is 24.0 Å². The summed E-state index contributed by atoms with van der Waals surface area (Å²) in [5.41, 5.74) is 3.43. The summed E-state index contributed by atoms with van der Waals surface area (Å²) in [7, 11) is 0. The Balaban J connectivity index is 1.19. The lowest BCUT2D eigenvalue weighted by Crippen LogP contribution is -2.53. The summed E-state index contributed by atoms with van der Waals surface area (Å²) in [5.74, 6) is 1.00. The van der Waals surface area contributed by atoms with E-state index < -0.39 is 0 Å². The van der Waals surface area contributed by atoms with Crippen LogP contribution in [0.5, 0.6) is 5.75 Å². The van der Waals surface area contributed by atoms with Gasteiger partial charge < -0.3 is 10.1 Å². The third kappa shape index (κ3) is 4.19. The number of carbonyl (C=O) groups is 1. The van der Waals surface area contributed by atoms with Crippen LogP contribution in [0.15, 0.2) is 42.5 Å². The summed E-state index contributed by atoms with van der Waals surface area (Å²) >= 11 is 5.92. The number of carbonyl (C=O) groups excluding carboxylic acids is 1. The molecule has 2 aliphatic rings. The second-order valence-electron chi connectivity index (χ2n) is 7.10. The highest BCUT2D eigenvalue weighted by molar-refractivity contribution is 6.30. The van der Waals surface area contributed by atoms with Crippen molar-refractivity contribution in [2.75, 3.05) is 25.0 Å². The lowest BCUT2D eigenvalue weighted by molar-refractivity contribution is -0.116. The first-order valence-electron chi connectivity index (χ1n) is 9.22. The van der Waals surface area contributed by atoms with Gasteiger partial charge in [0.1, 0.15) is 11.9 Å². The summed E-state index contributed by atoms with van der Waals surface area (Å²) < 4.78 is 6.08. The Kier molecular flexibility index (Phi) is 5.14. The molecular formula is C21H23ClN2O2. The topological polar surface area (TPSA) is 41.6 Å². The minimum absolute atomic E-state index is 0.0967. The van der Waals surface area contributed by atoms with Crippen LogP contribution >= 0.6 is 11.6 Å². The van der Waals surface area contributed by atoms with Gasteiger partial charge in [-0.1, -0.05) is 23.7 Å². The predicted octanol–water partition coefficient (Wildman–Crippen LogP) is 3.92. The first-order chi connectivity index (χ1) is 12.7. The average Bonchev–Trinajstić information content (AvgIpc) is 2.61. The van der Waals surface area contributed by atoms with Crippen molar-refractivity contribution < 1.29 is 9.53 Å². The smallest absolute Gasteiger partial charge is 0.224 e. The molecule has 4 rings (SSSR count). The number of ether oxygens (including phenoxy) is 1. The van der Waals surface area contributed by atoms with E-state index in [2.05, 4.69) is 28.4 Å². The number of anilines is 1. The number of rotatable bonds is 6. The molecule has 0 radical (unpaired) electrons. The zero-order valence-corrected chi connectivity index (χ0v) is 15.5. The molecule has 0 unspecified atom stereocenters. The van der Waals surface area contributed by atoms with Crippen molar-refractivity contribution in [3.63, 3.8) is 0 Å². The minimum Gasteiger partial charge on any atom is -0.488 e. The fourth-order valence-electron chi connectivity index (χ4n) is 3.56. The number of hydrogen-bond acceptors (Lipinski definition) is 3. The van der Waals surface area contributed by atoms with Gasteiger partial charge in [0, 0.05) is 30.2 Å². The Labute approximate surface area is 159 Å². The highest BCUT2D eigenvalue weighted by Gasteiger charge is 2.28. The molecule has 1 amide bonds. The highest BCUT2D eigenvalue weighted by atomic mass is 35.5. The Hall–Kier alpha value is -2.04. The molecule has 1 N–H and O–H groups in total. The van der Waals surface area contributed by atoms with E-state index in [0.717, 1.165) is 55.4 Å². The van der Waals surface area contributed by atoms with Gasteiger partial charge in [0.25, 0.3) is 0 Å². The van der Waals surface area contributed by atoms with Gasteiger partial charge >= 0.3 is 0 Å². The number of nitrogens with one attached hydrogen (secondary N) is 1. The lowest BCUT2D eigenvalue weighted by Gasteiger charge is -2.39. The second kappa shape index (κ2) is 7.68. The van der Waals surface area contributed by atoms with Crippen LogP contribution in [0, 0.1) is 0 Å². The van der Waals surface area contributed by atoms with Crippen LogP contribution in [0.25, 0.3) is 0 Å². The summed E-state index contributed by atoms with van der Waals surface area (Å²) in [6, 6.07) is 14.1. The number of hydrogen-bond donors (Lipinski definition) is 1. The van der Waals surface area contributed by atoms with Crippen LogP contribution in [0.2, 0.25) is 5.02 Å². The van der Waals surface area contributed by atoms with Crippen LogP contribution in [-0.4, -0.2) is 36.5 Å². The van der Waals surface area contributed by atoms with E-state index in [1.807, 2.05) is 24.3 Å². The van der Waals surface area contributed by atoms with Gasteiger partial charge in [-0.2, -0.15) is 0 Å². The quantitative estimate of drug-likeness (QED) is 0.837. The van der Waals surface area contributed by atoms with Crippen LogP contribution in [0.4, 0.5) is 5.69 Å². The molecule has 2 heterocycles. The molecule has 0 aromatic heterocycles. The lowest BCUT2D eigenvalue weighted by atomic mass is 10.0. The van der Waals surface area contributed by atoms with Crippen molar-refractivity contribution in [2.45, 2.75) is 31.8 Å². The molecule has 0 atom stereocenters. The van der Waals surface area contributed by atoms with Crippen molar-refractivity contribution in [3.05, 3.63) is 58.6 Å². The highest BCUT2D eigenvalue weighted by Crippen LogP contribution is 2.28. The van der Waals surface area contributed by atoms with E-state index in [4.69, 9.17) is 16.3 Å². The Bertz CT molecular complexity index is 785. The number of amides is 1. The molecule has 26 heavy (non-hydrogen) atoms. The molecule has 2 aromatic carbocycles. The monoisotopic (exact) mass is 370 g/mol. The number of nitrogens with zero attached hydrogens (tertiary/aromatic N) is 1. The summed E-state index contributed by atoms with van der Waals surface area (Å²) in [5, 5.41) is 3.70. The van der Waals surface area contributed by atoms with Crippen molar-refractivity contribution in [1.29, 1.82) is 0 Å². The SMILES string of the molecule is O=C1CCc2cc(OC3CN(CCCc4ccc(Cl)cc4)C3)ccc2N1. The molecule has 136 valence electrons. The summed E-state index contributed by atoms with van der Waals surface area (Å²) in [4.78, 5) is 13.8. The van der Waals surface area contributed by atoms with Gasteiger partial charge in [0.15, 0.2) is 0 Å². The summed E-state index contributed by atoms with van der Waals surface area (Å²) in [6.07, 6.45) is 3.84. The largest absolute Gasteiger partial charge is 0.488 e. The molecule has 1 saturated heterocycles. The maximum absolute atomic E-state index is 11.4. The Morgan fingerprint density at radius 1 is 1.12 bits per heavy atom. The predicted molar refractivity (Wildman–Crippen MR) is 104 cm³/mol. The molecule has 2 aromatic rings. The van der Waals surface area contributed by atoms with E-state index >= 15 is 0 Å². The molecule has 2 aliphatic heterocycles. The van der Waals surface area contributed by atoms with Gasteiger partial charge in [-0.15, -0.1) is 0 Å². The van der Waals surface area contributed by atoms with Crippen LogP contribution in [-0.2, 0) is 17.6 Å². The standard InChI is InChI=1S/C21H23ClN2O2/c22-17-6-3-15(4-7-17)2-1-11-24-13-19(14-24)26-18-8-9-20-16(12-18)5-10-21(25)23-20/h3-4,6-9,12,19H,1-2,5,10-11,13-14H2,(H,23,25). The molecule has 0 aliphatic carbocycles. The summed E-state index contributed by atoms with van der Waals surface area (Å²) in [6.45, 7) is 3.06. The molecule has 1 fully saturated rings. The van der Waals surface area contributed by atoms with Crippen molar-refractivity contribution >= 4 is 23.2 Å². The maximum atomic E-state index is 11.4. The number of aryl methyl sites for hydroxylation is 2. The van der Waals surface area contributed by atoms with Gasteiger partial charge in [-0.3, -0.25) is 9.69 Å². The Morgan fingerprint density at radius 2 is 1.92 bits per heavy atom. The number of fused-ring (bicyclic) bond motifs is 1. The molecule has 4 nitrogen and oxygen atoms in total. The molecule has 0 spiro atoms. The van der Waals surface area contributed by atoms with Crippen LogP contribution < -0.4 is 10.1 Å². The normalized spacial score (nSPS) is 17.3. The van der Waals surface area contributed by atoms with Crippen molar-refractivity contribution in [3.8, 4) is 5.75 Å². The first kappa shape index (κ1) is 17.4. The third-order valence-electron chi connectivity index (χ3n) is 5.05. The van der Waals surface area contributed by atoms with E-state index in [-0.39, 0.29) is 12.0 Å². The number of benzene rings is 2. The fraction of sp³-hybridized carbons (Fsp3) is 0.381. The molecular weight excluding hydrogens is 348 g/mol. The first-order valence-corrected chi connectivity index (χ1v) is 9.60. The van der Waals surface area contributed by atoms with E-state index in [9.17, 15) is 4.79 Å². The van der Waals surface area contributed by atoms with Crippen LogP contribution in [0.3, 0.4) is 0 Å².